The van der Waals surface area contributed by atoms with Crippen molar-refractivity contribution in [1.82, 2.24) is 0 Å². The molecule has 0 aromatic carbocycles. The molecule has 2 aliphatic carbocycles. The number of fused-ring (bicyclic) bond motifs is 2. The summed E-state index contributed by atoms with van der Waals surface area (Å²) in [6, 6.07) is 0. The molecule has 2 atom stereocenters. The molecule has 0 spiro atoms. The van der Waals surface area contributed by atoms with Crippen LogP contribution >= 0.6 is 15.9 Å². The van der Waals surface area contributed by atoms with Crippen molar-refractivity contribution in [3.63, 3.8) is 0 Å². The zero-order valence-electron chi connectivity index (χ0n) is 5.44. The first-order valence-electron chi connectivity index (χ1n) is 3.66. The molecule has 0 nitrogen and oxygen atoms in total. The Kier molecular flexibility index (Phi) is 1.40. The first-order chi connectivity index (χ1) is 4.40. The predicted molar refractivity (Wildman–Crippen MR) is 42.7 cm³/mol. The molecule has 2 rings (SSSR count). The molecule has 0 radical (unpaired) electrons. The molecule has 0 N–H and O–H groups in total. The molecule has 0 amide bonds. The molecule has 2 unspecified atom stereocenters. The number of hydrogen-bond donors (Lipinski definition) is 0. The van der Waals surface area contributed by atoms with Crippen LogP contribution in [0.25, 0.3) is 0 Å². The molecular weight excluding hydrogens is 176 g/mol. The summed E-state index contributed by atoms with van der Waals surface area (Å²) in [6.07, 6.45) is 6.85. The fourth-order valence-electron chi connectivity index (χ4n) is 2.10. The molecule has 0 heterocycles. The van der Waals surface area contributed by atoms with Gasteiger partial charge in [-0.15, -0.1) is 0 Å². The van der Waals surface area contributed by atoms with Gasteiger partial charge in [0.25, 0.3) is 0 Å². The summed E-state index contributed by atoms with van der Waals surface area (Å²) in [5.74, 6) is 1.93. The van der Waals surface area contributed by atoms with Gasteiger partial charge in [0.15, 0.2) is 0 Å². The van der Waals surface area contributed by atoms with Gasteiger partial charge in [-0.1, -0.05) is 27.6 Å². The predicted octanol–water partition coefficient (Wildman–Crippen LogP) is 2.74. The average molecular weight is 187 g/mol. The summed E-state index contributed by atoms with van der Waals surface area (Å²) in [5.41, 5.74) is 1.67. The van der Waals surface area contributed by atoms with Gasteiger partial charge >= 0.3 is 0 Å². The van der Waals surface area contributed by atoms with Crippen molar-refractivity contribution >= 4 is 15.9 Å². The van der Waals surface area contributed by atoms with Crippen molar-refractivity contribution in [1.29, 1.82) is 0 Å². The Hall–Kier alpha value is 0.220. The fraction of sp³-hybridized carbons (Fsp3) is 0.750. The second kappa shape index (κ2) is 2.12. The van der Waals surface area contributed by atoms with Gasteiger partial charge < -0.3 is 0 Å². The van der Waals surface area contributed by atoms with Crippen LogP contribution in [-0.4, -0.2) is 5.33 Å². The minimum Gasteiger partial charge on any atom is -0.0880 e. The summed E-state index contributed by atoms with van der Waals surface area (Å²) in [4.78, 5) is 0. The first-order valence-corrected chi connectivity index (χ1v) is 4.79. The highest BCUT2D eigenvalue weighted by Gasteiger charge is 2.31. The summed E-state index contributed by atoms with van der Waals surface area (Å²) >= 11 is 3.51. The third-order valence-corrected chi connectivity index (χ3v) is 3.25. The van der Waals surface area contributed by atoms with Gasteiger partial charge in [0.05, 0.1) is 0 Å². The zero-order valence-corrected chi connectivity index (χ0v) is 7.02. The van der Waals surface area contributed by atoms with E-state index in [1.54, 1.807) is 5.57 Å². The van der Waals surface area contributed by atoms with Crippen LogP contribution in [0.4, 0.5) is 0 Å². The van der Waals surface area contributed by atoms with Gasteiger partial charge in [0.2, 0.25) is 0 Å². The zero-order chi connectivity index (χ0) is 6.27. The highest BCUT2D eigenvalue weighted by atomic mass is 79.9. The maximum atomic E-state index is 3.51. The summed E-state index contributed by atoms with van der Waals surface area (Å²) in [6.45, 7) is 0. The Morgan fingerprint density at radius 3 is 2.78 bits per heavy atom. The van der Waals surface area contributed by atoms with Gasteiger partial charge in [-0.2, -0.15) is 0 Å². The number of rotatable bonds is 1. The van der Waals surface area contributed by atoms with Crippen molar-refractivity contribution in [3.05, 3.63) is 11.6 Å². The highest BCUT2D eigenvalue weighted by Crippen LogP contribution is 2.43. The minimum atomic E-state index is 0.961. The Bertz CT molecular complexity index is 149. The maximum Gasteiger partial charge on any atom is 0.0244 e. The lowest BCUT2D eigenvalue weighted by Gasteiger charge is -2.08. The molecule has 2 bridgehead atoms. The smallest absolute Gasteiger partial charge is 0.0244 e. The first kappa shape index (κ1) is 5.96. The molecule has 50 valence electrons. The second-order valence-corrected chi connectivity index (χ2v) is 3.71. The third-order valence-electron chi connectivity index (χ3n) is 2.60. The maximum absolute atomic E-state index is 3.51. The van der Waals surface area contributed by atoms with Crippen LogP contribution in [0.3, 0.4) is 0 Å². The molecule has 9 heavy (non-hydrogen) atoms. The molecule has 2 aliphatic rings. The Balaban J connectivity index is 2.18. The Morgan fingerprint density at radius 2 is 2.44 bits per heavy atom. The van der Waals surface area contributed by atoms with Crippen molar-refractivity contribution in [3.8, 4) is 0 Å². The normalized spacial score (nSPS) is 39.4. The lowest BCUT2D eigenvalue weighted by Crippen LogP contribution is -1.97. The Labute approximate surface area is 64.5 Å². The quantitative estimate of drug-likeness (QED) is 0.437. The van der Waals surface area contributed by atoms with Gasteiger partial charge in [-0.25, -0.2) is 0 Å². The summed E-state index contributed by atoms with van der Waals surface area (Å²) in [7, 11) is 0. The van der Waals surface area contributed by atoms with Crippen LogP contribution in [0, 0.1) is 11.8 Å². The van der Waals surface area contributed by atoms with E-state index in [9.17, 15) is 0 Å². The van der Waals surface area contributed by atoms with E-state index in [4.69, 9.17) is 0 Å². The van der Waals surface area contributed by atoms with Crippen LogP contribution in [-0.2, 0) is 0 Å². The van der Waals surface area contributed by atoms with E-state index in [0.717, 1.165) is 17.2 Å². The average Bonchev–Trinajstić information content (AvgIpc) is 2.45. The lowest BCUT2D eigenvalue weighted by atomic mass is 10.0. The van der Waals surface area contributed by atoms with Gasteiger partial charge in [0, 0.05) is 5.33 Å². The van der Waals surface area contributed by atoms with E-state index in [2.05, 4.69) is 22.0 Å². The highest BCUT2D eigenvalue weighted by molar-refractivity contribution is 9.09. The van der Waals surface area contributed by atoms with E-state index in [1.165, 1.54) is 19.3 Å². The monoisotopic (exact) mass is 186 g/mol. The fourth-order valence-corrected chi connectivity index (χ4v) is 2.74. The molecule has 1 fully saturated rings. The largest absolute Gasteiger partial charge is 0.0880 e. The van der Waals surface area contributed by atoms with E-state index in [0.29, 0.717) is 0 Å². The molecule has 0 aromatic heterocycles. The minimum absolute atomic E-state index is 0.961. The van der Waals surface area contributed by atoms with Crippen LogP contribution in [0.5, 0.6) is 0 Å². The molecule has 0 aliphatic heterocycles. The van der Waals surface area contributed by atoms with Crippen LogP contribution < -0.4 is 0 Å². The Morgan fingerprint density at radius 1 is 1.56 bits per heavy atom. The molecule has 0 saturated heterocycles. The summed E-state index contributed by atoms with van der Waals surface area (Å²) < 4.78 is 0. The van der Waals surface area contributed by atoms with E-state index in [1.807, 2.05) is 0 Å². The van der Waals surface area contributed by atoms with E-state index < -0.39 is 0 Å². The van der Waals surface area contributed by atoms with Crippen LogP contribution in [0.15, 0.2) is 11.6 Å². The molecule has 1 saturated carbocycles. The number of hydrogen-bond acceptors (Lipinski definition) is 0. The number of alkyl halides is 1. The van der Waals surface area contributed by atoms with Crippen LogP contribution in [0.1, 0.15) is 19.3 Å². The van der Waals surface area contributed by atoms with E-state index in [-0.39, 0.29) is 0 Å². The topological polar surface area (TPSA) is 0 Å². The van der Waals surface area contributed by atoms with Crippen LogP contribution in [0.2, 0.25) is 0 Å². The summed E-state index contributed by atoms with van der Waals surface area (Å²) in [5, 5.41) is 1.12. The van der Waals surface area contributed by atoms with Crippen molar-refractivity contribution in [2.45, 2.75) is 19.3 Å². The van der Waals surface area contributed by atoms with Gasteiger partial charge in [-0.3, -0.25) is 0 Å². The molecule has 0 aromatic rings. The van der Waals surface area contributed by atoms with Gasteiger partial charge in [0.1, 0.15) is 0 Å². The SMILES string of the molecule is BrCC1=CC2CCC1C2. The van der Waals surface area contributed by atoms with Gasteiger partial charge in [-0.05, 0) is 31.1 Å². The second-order valence-electron chi connectivity index (χ2n) is 3.15. The number of halogens is 1. The van der Waals surface area contributed by atoms with Crippen molar-refractivity contribution < 1.29 is 0 Å². The number of allylic oxidation sites excluding steroid dienone is 2. The lowest BCUT2D eigenvalue weighted by molar-refractivity contribution is 0.661. The molecule has 1 heteroatoms. The van der Waals surface area contributed by atoms with Crippen molar-refractivity contribution in [2.75, 3.05) is 5.33 Å². The molecular formula is C8H11Br. The van der Waals surface area contributed by atoms with Crippen molar-refractivity contribution in [2.24, 2.45) is 11.8 Å². The third kappa shape index (κ3) is 0.861. The van der Waals surface area contributed by atoms with E-state index >= 15 is 0 Å². The standard InChI is InChI=1S/C8H11Br/c9-5-8-4-6-1-2-7(8)3-6/h4,6-7H,1-3,5H2.